The maximum atomic E-state index is 12.8. The van der Waals surface area contributed by atoms with Crippen LogP contribution in [0.2, 0.25) is 0 Å². The predicted octanol–water partition coefficient (Wildman–Crippen LogP) is 3.71. The van der Waals surface area contributed by atoms with Crippen molar-refractivity contribution >= 4 is 22.6 Å². The lowest BCUT2D eigenvalue weighted by Crippen LogP contribution is -2.27. The van der Waals surface area contributed by atoms with Crippen LogP contribution in [0.3, 0.4) is 0 Å². The third-order valence-electron chi connectivity index (χ3n) is 4.99. The van der Waals surface area contributed by atoms with Crippen LogP contribution in [0.1, 0.15) is 39.1 Å². The molecule has 0 aromatic heterocycles. The monoisotopic (exact) mass is 374 g/mol. The molecule has 0 spiro atoms. The number of phenolic OH excluding ortho intramolecular Hbond substituents is 1. The molecule has 0 atom stereocenters. The predicted molar refractivity (Wildman–Crippen MR) is 108 cm³/mol. The van der Waals surface area contributed by atoms with Crippen molar-refractivity contribution in [1.82, 2.24) is 10.2 Å². The quantitative estimate of drug-likeness (QED) is 0.715. The highest BCUT2D eigenvalue weighted by Crippen LogP contribution is 2.26. The van der Waals surface area contributed by atoms with Gasteiger partial charge < -0.3 is 15.3 Å². The molecule has 3 aromatic carbocycles. The van der Waals surface area contributed by atoms with E-state index in [1.165, 1.54) is 0 Å². The number of fused-ring (bicyclic) bond motifs is 1. The third kappa shape index (κ3) is 3.83. The van der Waals surface area contributed by atoms with Gasteiger partial charge in [-0.1, -0.05) is 36.4 Å². The van der Waals surface area contributed by atoms with Crippen LogP contribution < -0.4 is 5.32 Å². The summed E-state index contributed by atoms with van der Waals surface area (Å²) >= 11 is 0. The Morgan fingerprint density at radius 2 is 1.68 bits per heavy atom. The number of carbonyl (C=O) groups is 2. The lowest BCUT2D eigenvalue weighted by Gasteiger charge is -2.18. The minimum atomic E-state index is -0.251. The van der Waals surface area contributed by atoms with Gasteiger partial charge in [0.25, 0.3) is 11.8 Å². The number of amides is 2. The number of aromatic hydroxyl groups is 1. The minimum Gasteiger partial charge on any atom is -0.507 e. The average molecular weight is 374 g/mol. The van der Waals surface area contributed by atoms with Crippen molar-refractivity contribution in [2.45, 2.75) is 25.4 Å². The molecule has 5 heteroatoms. The SMILES string of the molecule is CN(Cc1ccc(C(=O)NC2CC2)cc1)C(=O)c1cc2ccccc2cc1O. The molecular formula is C23H22N2O3. The molecule has 1 saturated carbocycles. The van der Waals surface area contributed by atoms with Gasteiger partial charge in [-0.25, -0.2) is 0 Å². The molecule has 0 saturated heterocycles. The molecule has 0 radical (unpaired) electrons. The smallest absolute Gasteiger partial charge is 0.257 e. The average Bonchev–Trinajstić information content (AvgIpc) is 3.51. The molecule has 0 aliphatic heterocycles. The molecule has 0 unspecified atom stereocenters. The first-order valence-electron chi connectivity index (χ1n) is 9.38. The fraction of sp³-hybridized carbons (Fsp3) is 0.217. The van der Waals surface area contributed by atoms with Crippen molar-refractivity contribution in [2.24, 2.45) is 0 Å². The van der Waals surface area contributed by atoms with E-state index in [9.17, 15) is 14.7 Å². The summed E-state index contributed by atoms with van der Waals surface area (Å²) in [6.07, 6.45) is 2.11. The van der Waals surface area contributed by atoms with Crippen LogP contribution >= 0.6 is 0 Å². The van der Waals surface area contributed by atoms with Crippen molar-refractivity contribution in [3.05, 3.63) is 77.4 Å². The third-order valence-corrected chi connectivity index (χ3v) is 4.99. The minimum absolute atomic E-state index is 0.0253. The lowest BCUT2D eigenvalue weighted by atomic mass is 10.0. The van der Waals surface area contributed by atoms with E-state index in [2.05, 4.69) is 5.32 Å². The van der Waals surface area contributed by atoms with Crippen LogP contribution in [-0.4, -0.2) is 34.9 Å². The van der Waals surface area contributed by atoms with E-state index in [-0.39, 0.29) is 23.1 Å². The van der Waals surface area contributed by atoms with E-state index < -0.39 is 0 Å². The molecule has 0 heterocycles. The van der Waals surface area contributed by atoms with Crippen LogP contribution in [0.5, 0.6) is 5.75 Å². The molecule has 0 bridgehead atoms. The number of nitrogens with zero attached hydrogens (tertiary/aromatic N) is 1. The fourth-order valence-corrected chi connectivity index (χ4v) is 3.21. The number of benzene rings is 3. The van der Waals surface area contributed by atoms with Crippen molar-refractivity contribution in [2.75, 3.05) is 7.05 Å². The number of hydrogen-bond acceptors (Lipinski definition) is 3. The molecule has 5 nitrogen and oxygen atoms in total. The Hall–Kier alpha value is -3.34. The zero-order valence-electron chi connectivity index (χ0n) is 15.7. The van der Waals surface area contributed by atoms with Gasteiger partial charge in [0.1, 0.15) is 5.75 Å². The highest BCUT2D eigenvalue weighted by Gasteiger charge is 2.23. The van der Waals surface area contributed by atoms with E-state index in [4.69, 9.17) is 0 Å². The normalized spacial score (nSPS) is 13.3. The molecule has 1 fully saturated rings. The number of rotatable bonds is 5. The highest BCUT2D eigenvalue weighted by atomic mass is 16.3. The molecule has 3 aromatic rings. The fourth-order valence-electron chi connectivity index (χ4n) is 3.21. The highest BCUT2D eigenvalue weighted by molar-refractivity contribution is 6.01. The van der Waals surface area contributed by atoms with E-state index >= 15 is 0 Å². The van der Waals surface area contributed by atoms with Gasteiger partial charge in [0.15, 0.2) is 0 Å². The summed E-state index contributed by atoms with van der Waals surface area (Å²) in [4.78, 5) is 26.4. The van der Waals surface area contributed by atoms with Crippen LogP contribution in [0.4, 0.5) is 0 Å². The van der Waals surface area contributed by atoms with Gasteiger partial charge in [-0.05, 0) is 53.4 Å². The molecular weight excluding hydrogens is 352 g/mol. The van der Waals surface area contributed by atoms with Gasteiger partial charge in [0.2, 0.25) is 0 Å². The molecule has 142 valence electrons. The summed E-state index contributed by atoms with van der Waals surface area (Å²) in [5.41, 5.74) is 1.82. The Balaban J connectivity index is 1.47. The molecule has 28 heavy (non-hydrogen) atoms. The topological polar surface area (TPSA) is 69.6 Å². The van der Waals surface area contributed by atoms with E-state index in [0.29, 0.717) is 18.2 Å². The molecule has 2 amide bonds. The summed E-state index contributed by atoms with van der Waals surface area (Å²) in [5.74, 6) is -0.332. The van der Waals surface area contributed by atoms with E-state index in [0.717, 1.165) is 29.2 Å². The van der Waals surface area contributed by atoms with Gasteiger partial charge in [-0.3, -0.25) is 9.59 Å². The first kappa shape index (κ1) is 18.0. The zero-order chi connectivity index (χ0) is 19.7. The van der Waals surface area contributed by atoms with Crippen molar-refractivity contribution < 1.29 is 14.7 Å². The maximum absolute atomic E-state index is 12.8. The molecule has 4 rings (SSSR count). The van der Waals surface area contributed by atoms with Gasteiger partial charge in [0.05, 0.1) is 5.56 Å². The summed E-state index contributed by atoms with van der Waals surface area (Å²) in [6, 6.07) is 18.5. The first-order chi connectivity index (χ1) is 13.5. The Morgan fingerprint density at radius 3 is 2.32 bits per heavy atom. The Labute approximate surface area is 163 Å². The van der Waals surface area contributed by atoms with Gasteiger partial charge >= 0.3 is 0 Å². The second-order valence-electron chi connectivity index (χ2n) is 7.32. The van der Waals surface area contributed by atoms with Crippen LogP contribution in [0, 0.1) is 0 Å². The van der Waals surface area contributed by atoms with Crippen LogP contribution in [-0.2, 0) is 6.54 Å². The first-order valence-corrected chi connectivity index (χ1v) is 9.38. The summed E-state index contributed by atoms with van der Waals surface area (Å²) in [7, 11) is 1.70. The van der Waals surface area contributed by atoms with Crippen LogP contribution in [0.15, 0.2) is 60.7 Å². The Bertz CT molecular complexity index is 1040. The van der Waals surface area contributed by atoms with Crippen molar-refractivity contribution in [3.8, 4) is 5.75 Å². The van der Waals surface area contributed by atoms with Crippen molar-refractivity contribution in [1.29, 1.82) is 0 Å². The molecule has 2 N–H and O–H groups in total. The molecule has 1 aliphatic carbocycles. The second-order valence-corrected chi connectivity index (χ2v) is 7.32. The van der Waals surface area contributed by atoms with Crippen LogP contribution in [0.25, 0.3) is 10.8 Å². The van der Waals surface area contributed by atoms with Gasteiger partial charge in [0, 0.05) is 25.2 Å². The Morgan fingerprint density at radius 1 is 1.04 bits per heavy atom. The van der Waals surface area contributed by atoms with Gasteiger partial charge in [-0.2, -0.15) is 0 Å². The standard InChI is InChI=1S/C23H22N2O3/c1-25(14-15-6-8-16(9-7-15)22(27)24-19-10-11-19)23(28)20-12-17-4-2-3-5-18(17)13-21(20)26/h2-9,12-13,19,26H,10-11,14H2,1H3,(H,24,27). The number of nitrogens with one attached hydrogen (secondary N) is 1. The number of hydrogen-bond donors (Lipinski definition) is 2. The summed E-state index contributed by atoms with van der Waals surface area (Å²) < 4.78 is 0. The molecule has 1 aliphatic rings. The Kier molecular flexibility index (Phi) is 4.74. The largest absolute Gasteiger partial charge is 0.507 e. The number of carbonyl (C=O) groups excluding carboxylic acids is 2. The van der Waals surface area contributed by atoms with E-state index in [1.807, 2.05) is 36.4 Å². The van der Waals surface area contributed by atoms with Gasteiger partial charge in [-0.15, -0.1) is 0 Å². The summed E-state index contributed by atoms with van der Waals surface area (Å²) in [6.45, 7) is 0.385. The van der Waals surface area contributed by atoms with E-state index in [1.54, 1.807) is 36.2 Å². The van der Waals surface area contributed by atoms with Crippen molar-refractivity contribution in [3.63, 3.8) is 0 Å². The zero-order valence-corrected chi connectivity index (χ0v) is 15.7. The summed E-state index contributed by atoms with van der Waals surface area (Å²) in [5, 5.41) is 15.0. The maximum Gasteiger partial charge on any atom is 0.257 e. The second kappa shape index (κ2) is 7.35. The lowest BCUT2D eigenvalue weighted by molar-refractivity contribution is 0.0781. The number of phenols is 1.